The molecule has 0 unspecified atom stereocenters. The number of rotatable bonds is 0. The van der Waals surface area contributed by atoms with Crippen molar-refractivity contribution in [2.45, 2.75) is 6.18 Å². The van der Waals surface area contributed by atoms with Gasteiger partial charge in [0.1, 0.15) is 11.6 Å². The zero-order chi connectivity index (χ0) is 12.7. The second-order valence-corrected chi connectivity index (χ2v) is 3.75. The van der Waals surface area contributed by atoms with Crippen molar-refractivity contribution in [2.24, 2.45) is 0 Å². The molecule has 1 nitrogen and oxygen atoms in total. The van der Waals surface area contributed by atoms with Crippen molar-refractivity contribution in [3.8, 4) is 6.07 Å². The molecule has 0 radical (unpaired) electrons. The van der Waals surface area contributed by atoms with Gasteiger partial charge in [0.15, 0.2) is 5.82 Å². The maximum Gasteiger partial charge on any atom is 0.420 e. The van der Waals surface area contributed by atoms with E-state index in [0.29, 0.717) is 0 Å². The average molecular weight is 292 g/mol. The number of hydrogen-bond acceptors (Lipinski definition) is 1. The van der Waals surface area contributed by atoms with Gasteiger partial charge in [-0.05, 0) is 0 Å². The van der Waals surface area contributed by atoms with Crippen molar-refractivity contribution in [1.82, 2.24) is 0 Å². The predicted molar refractivity (Wildman–Crippen MR) is 51.1 cm³/mol. The summed E-state index contributed by atoms with van der Waals surface area (Å²) >= 11 is 15.9. The van der Waals surface area contributed by atoms with E-state index in [1.807, 2.05) is 0 Å². The van der Waals surface area contributed by atoms with Crippen LogP contribution in [-0.4, -0.2) is 0 Å². The van der Waals surface area contributed by atoms with E-state index in [9.17, 15) is 17.6 Å². The lowest BCUT2D eigenvalue weighted by Gasteiger charge is -2.13. The molecule has 1 aromatic carbocycles. The van der Waals surface area contributed by atoms with Gasteiger partial charge >= 0.3 is 6.18 Å². The molecule has 0 aliphatic heterocycles. The molecule has 86 valence electrons. The van der Waals surface area contributed by atoms with Gasteiger partial charge in [-0.25, -0.2) is 4.39 Å². The van der Waals surface area contributed by atoms with Gasteiger partial charge in [-0.2, -0.15) is 18.4 Å². The van der Waals surface area contributed by atoms with Gasteiger partial charge in [0, 0.05) is 0 Å². The number of benzene rings is 1. The SMILES string of the molecule is N#Cc1c(Cl)c(Cl)c(F)c(C(F)(F)F)c1Cl. The van der Waals surface area contributed by atoms with Gasteiger partial charge in [-0.3, -0.25) is 0 Å². The zero-order valence-electron chi connectivity index (χ0n) is 7.09. The summed E-state index contributed by atoms with van der Waals surface area (Å²) < 4.78 is 50.4. The normalized spacial score (nSPS) is 11.4. The van der Waals surface area contributed by atoms with Crippen molar-refractivity contribution in [3.63, 3.8) is 0 Å². The number of nitrogens with zero attached hydrogens (tertiary/aromatic N) is 1. The second-order valence-electron chi connectivity index (χ2n) is 2.62. The Kier molecular flexibility index (Phi) is 3.58. The molecule has 0 fully saturated rings. The third kappa shape index (κ3) is 2.05. The lowest BCUT2D eigenvalue weighted by molar-refractivity contribution is -0.139. The Morgan fingerprint density at radius 1 is 1.00 bits per heavy atom. The third-order valence-electron chi connectivity index (χ3n) is 1.66. The van der Waals surface area contributed by atoms with Crippen LogP contribution >= 0.6 is 34.8 Å². The Bertz CT molecular complexity index is 490. The Hall–Kier alpha value is -0.700. The van der Waals surface area contributed by atoms with E-state index in [-0.39, 0.29) is 0 Å². The van der Waals surface area contributed by atoms with E-state index in [1.54, 1.807) is 0 Å². The molecular formula is C8Cl3F4N. The molecule has 8 heteroatoms. The minimum Gasteiger partial charge on any atom is -0.205 e. The van der Waals surface area contributed by atoms with Crippen LogP contribution in [0.2, 0.25) is 15.1 Å². The first kappa shape index (κ1) is 13.4. The van der Waals surface area contributed by atoms with Crippen LogP contribution in [0.1, 0.15) is 11.1 Å². The fraction of sp³-hybridized carbons (Fsp3) is 0.125. The highest BCUT2D eigenvalue weighted by Crippen LogP contribution is 2.44. The lowest BCUT2D eigenvalue weighted by atomic mass is 10.1. The van der Waals surface area contributed by atoms with Gasteiger partial charge in [-0.15, -0.1) is 0 Å². The van der Waals surface area contributed by atoms with Gasteiger partial charge in [0.05, 0.1) is 20.6 Å². The number of nitriles is 1. The van der Waals surface area contributed by atoms with Crippen LogP contribution in [0, 0.1) is 17.1 Å². The van der Waals surface area contributed by atoms with Crippen LogP contribution in [-0.2, 0) is 6.18 Å². The molecule has 0 heterocycles. The van der Waals surface area contributed by atoms with E-state index in [0.717, 1.165) is 0 Å². The Morgan fingerprint density at radius 2 is 1.50 bits per heavy atom. The minimum atomic E-state index is -5.05. The highest BCUT2D eigenvalue weighted by molar-refractivity contribution is 6.44. The molecule has 1 aromatic rings. The highest BCUT2D eigenvalue weighted by Gasteiger charge is 2.40. The van der Waals surface area contributed by atoms with Crippen molar-refractivity contribution >= 4 is 34.8 Å². The summed E-state index contributed by atoms with van der Waals surface area (Å²) in [6.45, 7) is 0. The van der Waals surface area contributed by atoms with Crippen molar-refractivity contribution in [1.29, 1.82) is 5.26 Å². The predicted octanol–water partition coefficient (Wildman–Crippen LogP) is 4.68. The molecule has 0 amide bonds. The fourth-order valence-electron chi connectivity index (χ4n) is 0.981. The molecule has 0 saturated heterocycles. The molecule has 0 N–H and O–H groups in total. The Balaban J connectivity index is 3.78. The van der Waals surface area contributed by atoms with E-state index in [4.69, 9.17) is 40.1 Å². The number of hydrogen-bond donors (Lipinski definition) is 0. The zero-order valence-corrected chi connectivity index (χ0v) is 9.36. The molecule has 0 aliphatic carbocycles. The molecule has 16 heavy (non-hydrogen) atoms. The van der Waals surface area contributed by atoms with Gasteiger partial charge in [0.25, 0.3) is 0 Å². The third-order valence-corrected chi connectivity index (χ3v) is 2.87. The van der Waals surface area contributed by atoms with Crippen LogP contribution in [0.5, 0.6) is 0 Å². The number of alkyl halides is 3. The summed E-state index contributed by atoms with van der Waals surface area (Å²) in [5.41, 5.74) is -2.50. The number of halogens is 7. The first-order valence-corrected chi connectivity index (χ1v) is 4.68. The molecule has 0 aliphatic rings. The van der Waals surface area contributed by atoms with Crippen LogP contribution in [0.3, 0.4) is 0 Å². The van der Waals surface area contributed by atoms with Gasteiger partial charge in [-0.1, -0.05) is 34.8 Å². The smallest absolute Gasteiger partial charge is 0.205 e. The molecule has 0 aromatic heterocycles. The summed E-state index contributed by atoms with van der Waals surface area (Å²) in [7, 11) is 0. The average Bonchev–Trinajstić information content (AvgIpc) is 2.13. The summed E-state index contributed by atoms with van der Waals surface area (Å²) in [4.78, 5) is 0. The van der Waals surface area contributed by atoms with Crippen LogP contribution in [0.25, 0.3) is 0 Å². The fourth-order valence-corrected chi connectivity index (χ4v) is 1.76. The van der Waals surface area contributed by atoms with Crippen molar-refractivity contribution < 1.29 is 17.6 Å². The summed E-state index contributed by atoms with van der Waals surface area (Å²) in [5.74, 6) is -1.79. The van der Waals surface area contributed by atoms with Gasteiger partial charge in [0.2, 0.25) is 0 Å². The van der Waals surface area contributed by atoms with Crippen molar-refractivity contribution in [3.05, 3.63) is 32.0 Å². The summed E-state index contributed by atoms with van der Waals surface area (Å²) in [5, 5.41) is 5.83. The molecule has 0 atom stereocenters. The molecular weight excluding hydrogens is 292 g/mol. The van der Waals surface area contributed by atoms with Crippen LogP contribution in [0.4, 0.5) is 17.6 Å². The topological polar surface area (TPSA) is 23.8 Å². The van der Waals surface area contributed by atoms with E-state index in [2.05, 4.69) is 0 Å². The summed E-state index contributed by atoms with van der Waals surface area (Å²) in [6, 6.07) is 1.33. The van der Waals surface area contributed by atoms with Crippen LogP contribution in [0.15, 0.2) is 0 Å². The molecule has 0 bridgehead atoms. The standard InChI is InChI=1S/C8Cl3F4N/c9-4-2(1-16)5(10)6(11)7(12)3(4)8(13,14)15. The maximum atomic E-state index is 13.2. The van der Waals surface area contributed by atoms with E-state index < -0.39 is 38.2 Å². The second kappa shape index (κ2) is 4.28. The highest BCUT2D eigenvalue weighted by atomic mass is 35.5. The quantitative estimate of drug-likeness (QED) is 0.387. The Morgan fingerprint density at radius 3 is 1.88 bits per heavy atom. The molecule has 0 spiro atoms. The molecule has 1 rings (SSSR count). The molecule has 0 saturated carbocycles. The van der Waals surface area contributed by atoms with Gasteiger partial charge < -0.3 is 0 Å². The van der Waals surface area contributed by atoms with Crippen molar-refractivity contribution in [2.75, 3.05) is 0 Å². The van der Waals surface area contributed by atoms with E-state index in [1.165, 1.54) is 6.07 Å². The maximum absolute atomic E-state index is 13.2. The Labute approximate surface area is 102 Å². The summed E-state index contributed by atoms with van der Waals surface area (Å²) in [6.07, 6.45) is -5.05. The lowest BCUT2D eigenvalue weighted by Crippen LogP contribution is -2.11. The largest absolute Gasteiger partial charge is 0.420 e. The first-order valence-electron chi connectivity index (χ1n) is 3.55. The first-order chi connectivity index (χ1) is 7.21. The van der Waals surface area contributed by atoms with E-state index >= 15 is 0 Å². The minimum absolute atomic E-state index is 0.639. The monoisotopic (exact) mass is 291 g/mol. The van der Waals surface area contributed by atoms with Crippen LogP contribution < -0.4 is 0 Å².